The highest BCUT2D eigenvalue weighted by Gasteiger charge is 2.02. The van der Waals surface area contributed by atoms with Crippen LogP contribution in [0.3, 0.4) is 0 Å². The van der Waals surface area contributed by atoms with Crippen LogP contribution in [0.5, 0.6) is 0 Å². The first-order valence-electron chi connectivity index (χ1n) is 8.81. The van der Waals surface area contributed by atoms with Crippen molar-refractivity contribution in [1.29, 1.82) is 0 Å². The molecule has 1 aromatic heterocycles. The summed E-state index contributed by atoms with van der Waals surface area (Å²) in [6, 6.07) is 20.3. The zero-order valence-corrected chi connectivity index (χ0v) is 15.6. The van der Waals surface area contributed by atoms with Crippen LogP contribution in [0.2, 0.25) is 5.02 Å². The lowest BCUT2D eigenvalue weighted by atomic mass is 10.1. The Bertz CT molecular complexity index is 836. The van der Waals surface area contributed by atoms with Crippen molar-refractivity contribution < 1.29 is 0 Å². The van der Waals surface area contributed by atoms with Crippen LogP contribution < -0.4 is 10.6 Å². The smallest absolute Gasteiger partial charge is 0.131 e. The highest BCUT2D eigenvalue weighted by Crippen LogP contribution is 2.13. The van der Waals surface area contributed by atoms with Crippen LogP contribution in [0.4, 0.5) is 11.6 Å². The molecule has 0 saturated carbocycles. The molecule has 1 heterocycles. The number of hydrogen-bond donors (Lipinski definition) is 2. The Kier molecular flexibility index (Phi) is 6.45. The molecular formula is C21H23ClN4. The highest BCUT2D eigenvalue weighted by atomic mass is 35.5. The lowest BCUT2D eigenvalue weighted by Crippen LogP contribution is -2.11. The maximum atomic E-state index is 6.03. The second kappa shape index (κ2) is 9.20. The number of aromatic nitrogens is 2. The van der Waals surface area contributed by atoms with Gasteiger partial charge in [-0.2, -0.15) is 0 Å². The predicted molar refractivity (Wildman–Crippen MR) is 109 cm³/mol. The van der Waals surface area contributed by atoms with Gasteiger partial charge in [-0.3, -0.25) is 0 Å². The number of aryl methyl sites for hydroxylation is 1. The van der Waals surface area contributed by atoms with E-state index in [0.717, 1.165) is 48.4 Å². The van der Waals surface area contributed by atoms with Gasteiger partial charge in [-0.25, -0.2) is 9.97 Å². The Morgan fingerprint density at radius 2 is 1.38 bits per heavy atom. The Hall–Kier alpha value is -2.59. The van der Waals surface area contributed by atoms with Gasteiger partial charge in [0.1, 0.15) is 17.5 Å². The summed E-state index contributed by atoms with van der Waals surface area (Å²) in [7, 11) is 0. The van der Waals surface area contributed by atoms with Crippen molar-refractivity contribution in [3.63, 3.8) is 0 Å². The van der Waals surface area contributed by atoms with E-state index < -0.39 is 0 Å². The molecule has 0 aliphatic carbocycles. The molecule has 0 bridgehead atoms. The summed E-state index contributed by atoms with van der Waals surface area (Å²) in [4.78, 5) is 8.92. The number of benzene rings is 2. The van der Waals surface area contributed by atoms with Crippen LogP contribution in [0, 0.1) is 6.92 Å². The molecule has 0 aliphatic heterocycles. The minimum Gasteiger partial charge on any atom is -0.370 e. The molecule has 26 heavy (non-hydrogen) atoms. The van der Waals surface area contributed by atoms with E-state index in [1.165, 1.54) is 11.1 Å². The van der Waals surface area contributed by atoms with Gasteiger partial charge >= 0.3 is 0 Å². The zero-order chi connectivity index (χ0) is 18.2. The molecule has 0 fully saturated rings. The topological polar surface area (TPSA) is 49.8 Å². The SMILES string of the molecule is Cc1nc(NCCc2ccccc2)cc(NCCc2cccc(Cl)c2)n1. The van der Waals surface area contributed by atoms with Gasteiger partial charge in [0.25, 0.3) is 0 Å². The van der Waals surface area contributed by atoms with Gasteiger partial charge in [0.15, 0.2) is 0 Å². The van der Waals surface area contributed by atoms with Gasteiger partial charge in [-0.05, 0) is 43.0 Å². The first kappa shape index (κ1) is 18.2. The first-order valence-corrected chi connectivity index (χ1v) is 9.18. The lowest BCUT2D eigenvalue weighted by Gasteiger charge is -2.10. The molecule has 3 aromatic rings. The van der Waals surface area contributed by atoms with Crippen molar-refractivity contribution in [2.75, 3.05) is 23.7 Å². The Balaban J connectivity index is 1.52. The Morgan fingerprint density at radius 3 is 2.04 bits per heavy atom. The summed E-state index contributed by atoms with van der Waals surface area (Å²) in [6.07, 6.45) is 1.85. The molecule has 0 aliphatic rings. The van der Waals surface area contributed by atoms with Crippen molar-refractivity contribution in [3.05, 3.63) is 82.6 Å². The van der Waals surface area contributed by atoms with Crippen LogP contribution in [0.15, 0.2) is 60.7 Å². The normalized spacial score (nSPS) is 10.5. The molecule has 0 radical (unpaired) electrons. The van der Waals surface area contributed by atoms with Crippen LogP contribution in [-0.2, 0) is 12.8 Å². The largest absolute Gasteiger partial charge is 0.370 e. The highest BCUT2D eigenvalue weighted by molar-refractivity contribution is 6.30. The van der Waals surface area contributed by atoms with E-state index in [1.54, 1.807) is 0 Å². The fourth-order valence-corrected chi connectivity index (χ4v) is 2.97. The summed E-state index contributed by atoms with van der Waals surface area (Å²) < 4.78 is 0. The molecule has 3 rings (SSSR count). The third-order valence-corrected chi connectivity index (χ3v) is 4.24. The zero-order valence-electron chi connectivity index (χ0n) is 14.9. The summed E-state index contributed by atoms with van der Waals surface area (Å²) in [6.45, 7) is 3.53. The second-order valence-electron chi connectivity index (χ2n) is 6.15. The fraction of sp³-hybridized carbons (Fsp3) is 0.238. The van der Waals surface area contributed by atoms with E-state index in [0.29, 0.717) is 0 Å². The van der Waals surface area contributed by atoms with Gasteiger partial charge < -0.3 is 10.6 Å². The minimum atomic E-state index is 0.750. The van der Waals surface area contributed by atoms with E-state index in [9.17, 15) is 0 Å². The molecule has 0 unspecified atom stereocenters. The minimum absolute atomic E-state index is 0.750. The van der Waals surface area contributed by atoms with Gasteiger partial charge in [0, 0.05) is 24.2 Å². The van der Waals surface area contributed by atoms with Crippen LogP contribution in [0.25, 0.3) is 0 Å². The van der Waals surface area contributed by atoms with Crippen molar-refractivity contribution in [3.8, 4) is 0 Å². The average molecular weight is 367 g/mol. The number of anilines is 2. The Morgan fingerprint density at radius 1 is 0.769 bits per heavy atom. The van der Waals surface area contributed by atoms with E-state index in [1.807, 2.05) is 37.3 Å². The maximum Gasteiger partial charge on any atom is 0.131 e. The van der Waals surface area contributed by atoms with Crippen molar-refractivity contribution in [1.82, 2.24) is 9.97 Å². The molecule has 0 saturated heterocycles. The Labute approximate surface area is 159 Å². The summed E-state index contributed by atoms with van der Waals surface area (Å²) in [5.74, 6) is 2.43. The molecule has 2 N–H and O–H groups in total. The predicted octanol–water partition coefficient (Wildman–Crippen LogP) is 4.75. The number of hydrogen-bond acceptors (Lipinski definition) is 4. The van der Waals surface area contributed by atoms with Crippen molar-refractivity contribution in [2.24, 2.45) is 0 Å². The van der Waals surface area contributed by atoms with Crippen LogP contribution in [-0.4, -0.2) is 23.1 Å². The van der Waals surface area contributed by atoms with Crippen LogP contribution >= 0.6 is 11.6 Å². The van der Waals surface area contributed by atoms with E-state index >= 15 is 0 Å². The van der Waals surface area contributed by atoms with Gasteiger partial charge in [0.2, 0.25) is 0 Å². The van der Waals surface area contributed by atoms with E-state index in [4.69, 9.17) is 11.6 Å². The molecule has 0 spiro atoms. The molecule has 0 amide bonds. The van der Waals surface area contributed by atoms with E-state index in [2.05, 4.69) is 50.9 Å². The average Bonchev–Trinajstić information content (AvgIpc) is 2.62. The fourth-order valence-electron chi connectivity index (χ4n) is 2.76. The first-order chi connectivity index (χ1) is 12.7. The third-order valence-electron chi connectivity index (χ3n) is 4.01. The molecule has 5 heteroatoms. The molecule has 2 aromatic carbocycles. The second-order valence-corrected chi connectivity index (χ2v) is 6.59. The lowest BCUT2D eigenvalue weighted by molar-refractivity contribution is 0.963. The van der Waals surface area contributed by atoms with Crippen molar-refractivity contribution >= 4 is 23.2 Å². The molecule has 4 nitrogen and oxygen atoms in total. The number of rotatable bonds is 8. The summed E-state index contributed by atoms with van der Waals surface area (Å²) >= 11 is 6.03. The monoisotopic (exact) mass is 366 g/mol. The van der Waals surface area contributed by atoms with Gasteiger partial charge in [-0.1, -0.05) is 54.1 Å². The number of nitrogens with one attached hydrogen (secondary N) is 2. The molecular weight excluding hydrogens is 344 g/mol. The number of halogens is 1. The summed E-state index contributed by atoms with van der Waals surface area (Å²) in [5, 5.41) is 7.52. The maximum absolute atomic E-state index is 6.03. The van der Waals surface area contributed by atoms with E-state index in [-0.39, 0.29) is 0 Å². The van der Waals surface area contributed by atoms with Gasteiger partial charge in [-0.15, -0.1) is 0 Å². The number of nitrogens with zero attached hydrogens (tertiary/aromatic N) is 2. The standard InChI is InChI=1S/C21H23ClN4/c1-16-25-20(23-12-10-17-6-3-2-4-7-17)15-21(26-16)24-13-11-18-8-5-9-19(22)14-18/h2-9,14-15H,10-13H2,1H3,(H2,23,24,25,26). The summed E-state index contributed by atoms with van der Waals surface area (Å²) in [5.41, 5.74) is 2.52. The third kappa shape index (κ3) is 5.74. The van der Waals surface area contributed by atoms with Crippen LogP contribution in [0.1, 0.15) is 17.0 Å². The molecule has 0 atom stereocenters. The molecule has 134 valence electrons. The van der Waals surface area contributed by atoms with Crippen molar-refractivity contribution in [2.45, 2.75) is 19.8 Å². The quantitative estimate of drug-likeness (QED) is 0.604. The van der Waals surface area contributed by atoms with Gasteiger partial charge in [0.05, 0.1) is 0 Å².